The van der Waals surface area contributed by atoms with Gasteiger partial charge in [0.1, 0.15) is 0 Å². The quantitative estimate of drug-likeness (QED) is 0.490. The van der Waals surface area contributed by atoms with Crippen molar-refractivity contribution < 1.29 is 14.3 Å². The lowest BCUT2D eigenvalue weighted by Crippen LogP contribution is -2.20. The van der Waals surface area contributed by atoms with Crippen molar-refractivity contribution in [3.8, 4) is 0 Å². The zero-order valence-electron chi connectivity index (χ0n) is 12.0. The Morgan fingerprint density at radius 3 is 2.50 bits per heavy atom. The molecule has 1 fully saturated rings. The standard InChI is InChI=1S/C15H28O3/c1-3-17-15(16)7-5-4-6-12-18-14-10-8-13(2)9-11-14/h13-14H,3-12H2,1-2H3. The summed E-state index contributed by atoms with van der Waals surface area (Å²) in [6.07, 6.45) is 9.16. The molecule has 3 heteroatoms. The Morgan fingerprint density at radius 1 is 1.11 bits per heavy atom. The molecule has 0 aromatic rings. The fraction of sp³-hybridized carbons (Fsp3) is 0.933. The molecule has 1 saturated carbocycles. The van der Waals surface area contributed by atoms with Crippen molar-refractivity contribution in [2.45, 2.75) is 71.3 Å². The second kappa shape index (κ2) is 9.37. The van der Waals surface area contributed by atoms with Gasteiger partial charge in [-0.3, -0.25) is 4.79 Å². The average Bonchev–Trinajstić information content (AvgIpc) is 2.36. The van der Waals surface area contributed by atoms with Crippen molar-refractivity contribution in [3.05, 3.63) is 0 Å². The Kier molecular flexibility index (Phi) is 8.06. The van der Waals surface area contributed by atoms with E-state index in [1.807, 2.05) is 6.92 Å². The molecular weight excluding hydrogens is 228 g/mol. The molecule has 1 aliphatic rings. The molecule has 0 amide bonds. The molecule has 3 nitrogen and oxygen atoms in total. The monoisotopic (exact) mass is 256 g/mol. The molecule has 0 bridgehead atoms. The average molecular weight is 256 g/mol. The van der Waals surface area contributed by atoms with Gasteiger partial charge in [-0.15, -0.1) is 0 Å². The Bertz CT molecular complexity index is 220. The van der Waals surface area contributed by atoms with Crippen molar-refractivity contribution in [2.75, 3.05) is 13.2 Å². The maximum absolute atomic E-state index is 11.1. The number of hydrogen-bond donors (Lipinski definition) is 0. The van der Waals surface area contributed by atoms with Crippen LogP contribution in [-0.2, 0) is 14.3 Å². The van der Waals surface area contributed by atoms with Crippen molar-refractivity contribution in [1.82, 2.24) is 0 Å². The van der Waals surface area contributed by atoms with Gasteiger partial charge in [0.2, 0.25) is 0 Å². The smallest absolute Gasteiger partial charge is 0.305 e. The van der Waals surface area contributed by atoms with Crippen LogP contribution in [-0.4, -0.2) is 25.3 Å². The first kappa shape index (κ1) is 15.5. The number of esters is 1. The van der Waals surface area contributed by atoms with Crippen LogP contribution in [0.3, 0.4) is 0 Å². The van der Waals surface area contributed by atoms with Gasteiger partial charge >= 0.3 is 5.97 Å². The highest BCUT2D eigenvalue weighted by atomic mass is 16.5. The van der Waals surface area contributed by atoms with E-state index in [2.05, 4.69) is 6.92 Å². The van der Waals surface area contributed by atoms with E-state index < -0.39 is 0 Å². The third-order valence-electron chi connectivity index (χ3n) is 3.65. The third-order valence-corrected chi connectivity index (χ3v) is 3.65. The zero-order chi connectivity index (χ0) is 13.2. The second-order valence-corrected chi connectivity index (χ2v) is 5.37. The summed E-state index contributed by atoms with van der Waals surface area (Å²) in [5.74, 6) is 0.814. The van der Waals surface area contributed by atoms with Crippen LogP contribution in [0.1, 0.15) is 65.2 Å². The van der Waals surface area contributed by atoms with Crippen LogP contribution in [0.15, 0.2) is 0 Å². The van der Waals surface area contributed by atoms with E-state index >= 15 is 0 Å². The van der Waals surface area contributed by atoms with E-state index in [1.165, 1.54) is 25.7 Å². The molecular formula is C15H28O3. The first-order valence-electron chi connectivity index (χ1n) is 7.49. The van der Waals surface area contributed by atoms with Gasteiger partial charge in [-0.2, -0.15) is 0 Å². The van der Waals surface area contributed by atoms with Gasteiger partial charge in [0, 0.05) is 13.0 Å². The van der Waals surface area contributed by atoms with Gasteiger partial charge in [0.25, 0.3) is 0 Å². The molecule has 1 aliphatic carbocycles. The Balaban J connectivity index is 1.88. The predicted molar refractivity (Wildman–Crippen MR) is 72.5 cm³/mol. The number of unbranched alkanes of at least 4 members (excludes halogenated alkanes) is 2. The molecule has 0 N–H and O–H groups in total. The van der Waals surface area contributed by atoms with E-state index in [0.29, 0.717) is 19.1 Å². The topological polar surface area (TPSA) is 35.5 Å². The van der Waals surface area contributed by atoms with Crippen molar-refractivity contribution in [2.24, 2.45) is 5.92 Å². The highest BCUT2D eigenvalue weighted by Crippen LogP contribution is 2.25. The summed E-state index contributed by atoms with van der Waals surface area (Å²) in [4.78, 5) is 11.1. The summed E-state index contributed by atoms with van der Waals surface area (Å²) >= 11 is 0. The van der Waals surface area contributed by atoms with E-state index in [1.54, 1.807) is 0 Å². The molecule has 0 radical (unpaired) electrons. The molecule has 0 unspecified atom stereocenters. The van der Waals surface area contributed by atoms with Gasteiger partial charge in [0.15, 0.2) is 0 Å². The first-order chi connectivity index (χ1) is 8.72. The third kappa shape index (κ3) is 7.00. The maximum atomic E-state index is 11.1. The van der Waals surface area contributed by atoms with Crippen LogP contribution in [0, 0.1) is 5.92 Å². The highest BCUT2D eigenvalue weighted by Gasteiger charge is 2.18. The summed E-state index contributed by atoms with van der Waals surface area (Å²) in [5, 5.41) is 0. The largest absolute Gasteiger partial charge is 0.466 e. The number of carbonyl (C=O) groups excluding carboxylic acids is 1. The molecule has 106 valence electrons. The minimum atomic E-state index is -0.0697. The van der Waals surface area contributed by atoms with Crippen LogP contribution < -0.4 is 0 Å². The fourth-order valence-corrected chi connectivity index (χ4v) is 2.43. The van der Waals surface area contributed by atoms with E-state index in [0.717, 1.165) is 31.8 Å². The van der Waals surface area contributed by atoms with Crippen molar-refractivity contribution >= 4 is 5.97 Å². The Hall–Kier alpha value is -0.570. The SMILES string of the molecule is CCOC(=O)CCCCCOC1CCC(C)CC1. The number of ether oxygens (including phenoxy) is 2. The van der Waals surface area contributed by atoms with Crippen LogP contribution in [0.2, 0.25) is 0 Å². The van der Waals surface area contributed by atoms with Gasteiger partial charge in [-0.25, -0.2) is 0 Å². The van der Waals surface area contributed by atoms with Gasteiger partial charge in [-0.1, -0.05) is 13.3 Å². The first-order valence-corrected chi connectivity index (χ1v) is 7.49. The van der Waals surface area contributed by atoms with E-state index in [-0.39, 0.29) is 5.97 Å². The summed E-state index contributed by atoms with van der Waals surface area (Å²) in [6.45, 7) is 5.51. The maximum Gasteiger partial charge on any atom is 0.305 e. The van der Waals surface area contributed by atoms with E-state index in [4.69, 9.17) is 9.47 Å². The molecule has 1 rings (SSSR count). The van der Waals surface area contributed by atoms with Crippen LogP contribution >= 0.6 is 0 Å². The number of hydrogen-bond acceptors (Lipinski definition) is 3. The zero-order valence-corrected chi connectivity index (χ0v) is 12.0. The van der Waals surface area contributed by atoms with E-state index in [9.17, 15) is 4.79 Å². The summed E-state index contributed by atoms with van der Waals surface area (Å²) in [6, 6.07) is 0. The number of carbonyl (C=O) groups is 1. The molecule has 0 atom stereocenters. The number of rotatable bonds is 8. The minimum Gasteiger partial charge on any atom is -0.466 e. The molecule has 0 aromatic carbocycles. The summed E-state index contributed by atoms with van der Waals surface area (Å²) in [5.41, 5.74) is 0. The molecule has 18 heavy (non-hydrogen) atoms. The fourth-order valence-electron chi connectivity index (χ4n) is 2.43. The lowest BCUT2D eigenvalue weighted by molar-refractivity contribution is -0.143. The van der Waals surface area contributed by atoms with Crippen LogP contribution in [0.4, 0.5) is 0 Å². The van der Waals surface area contributed by atoms with Crippen LogP contribution in [0.5, 0.6) is 0 Å². The molecule has 0 saturated heterocycles. The molecule has 0 spiro atoms. The van der Waals surface area contributed by atoms with Crippen LogP contribution in [0.25, 0.3) is 0 Å². The second-order valence-electron chi connectivity index (χ2n) is 5.37. The normalized spacial score (nSPS) is 23.9. The summed E-state index contributed by atoms with van der Waals surface area (Å²) in [7, 11) is 0. The lowest BCUT2D eigenvalue weighted by Gasteiger charge is -2.26. The van der Waals surface area contributed by atoms with Crippen molar-refractivity contribution in [1.29, 1.82) is 0 Å². The highest BCUT2D eigenvalue weighted by molar-refractivity contribution is 5.69. The predicted octanol–water partition coefficient (Wildman–Crippen LogP) is 3.71. The summed E-state index contributed by atoms with van der Waals surface area (Å²) < 4.78 is 10.8. The van der Waals surface area contributed by atoms with Gasteiger partial charge < -0.3 is 9.47 Å². The van der Waals surface area contributed by atoms with Gasteiger partial charge in [-0.05, 0) is 51.4 Å². The molecule has 0 aromatic heterocycles. The molecule has 0 aliphatic heterocycles. The Morgan fingerprint density at radius 2 is 1.83 bits per heavy atom. The minimum absolute atomic E-state index is 0.0697. The molecule has 0 heterocycles. The lowest BCUT2D eigenvalue weighted by atomic mass is 9.89. The van der Waals surface area contributed by atoms with Crippen molar-refractivity contribution in [3.63, 3.8) is 0 Å². The Labute approximate surface area is 111 Å². The van der Waals surface area contributed by atoms with Gasteiger partial charge in [0.05, 0.1) is 12.7 Å².